The van der Waals surface area contributed by atoms with Crippen LogP contribution in [0.3, 0.4) is 0 Å². The van der Waals surface area contributed by atoms with Gasteiger partial charge in [-0.25, -0.2) is 4.79 Å². The van der Waals surface area contributed by atoms with E-state index in [0.29, 0.717) is 5.75 Å². The van der Waals surface area contributed by atoms with Crippen molar-refractivity contribution in [3.05, 3.63) is 12.7 Å². The minimum absolute atomic E-state index is 0.0344. The zero-order valence-electron chi connectivity index (χ0n) is 10.4. The van der Waals surface area contributed by atoms with Crippen molar-refractivity contribution in [2.45, 2.75) is 24.9 Å². The Hall–Kier alpha value is -1.54. The minimum atomic E-state index is -1.16. The molecule has 2 atom stereocenters. The molecule has 0 unspecified atom stereocenters. The molecule has 7 nitrogen and oxygen atoms in total. The summed E-state index contributed by atoms with van der Waals surface area (Å²) < 4.78 is 0. The molecule has 1 amide bonds. The molecule has 5 N–H and O–H groups in total. The van der Waals surface area contributed by atoms with Gasteiger partial charge in [0.15, 0.2) is 0 Å². The minimum Gasteiger partial charge on any atom is -0.481 e. The number of rotatable bonds is 10. The number of carboxylic acid groups (broad SMARTS) is 2. The van der Waals surface area contributed by atoms with Gasteiger partial charge < -0.3 is 21.3 Å². The van der Waals surface area contributed by atoms with E-state index in [9.17, 15) is 14.4 Å². The summed E-state index contributed by atoms with van der Waals surface area (Å²) in [5.41, 5.74) is 5.48. The summed E-state index contributed by atoms with van der Waals surface area (Å²) in [5, 5.41) is 19.7. The van der Waals surface area contributed by atoms with Crippen LogP contribution in [0.25, 0.3) is 0 Å². The molecule has 0 bridgehead atoms. The van der Waals surface area contributed by atoms with E-state index in [4.69, 9.17) is 15.9 Å². The Morgan fingerprint density at radius 3 is 2.47 bits per heavy atom. The van der Waals surface area contributed by atoms with Crippen LogP contribution in [0.5, 0.6) is 0 Å². The van der Waals surface area contributed by atoms with Crippen LogP contribution in [0, 0.1) is 0 Å². The third-order valence-electron chi connectivity index (χ3n) is 2.14. The van der Waals surface area contributed by atoms with Gasteiger partial charge in [0.05, 0.1) is 6.04 Å². The SMILES string of the molecule is C=CCSC[C@H](NC(=O)[C@@H](N)CCC(=O)O)C(=O)O. The highest BCUT2D eigenvalue weighted by molar-refractivity contribution is 7.99. The second-order valence-electron chi connectivity index (χ2n) is 3.76. The standard InChI is InChI=1S/C11H18N2O5S/c1-2-5-19-6-8(11(17)18)13-10(16)7(12)3-4-9(14)15/h2,7-8H,1,3-6,12H2,(H,13,16)(H,14,15)(H,17,18)/t7-,8-/m0/s1. The number of hydrogen-bond donors (Lipinski definition) is 4. The molecule has 0 aliphatic carbocycles. The van der Waals surface area contributed by atoms with Gasteiger partial charge in [-0.15, -0.1) is 6.58 Å². The van der Waals surface area contributed by atoms with Gasteiger partial charge in [-0.1, -0.05) is 6.08 Å². The number of nitrogens with two attached hydrogens (primary N) is 1. The molecule has 19 heavy (non-hydrogen) atoms. The summed E-state index contributed by atoms with van der Waals surface area (Å²) in [6.45, 7) is 3.50. The Labute approximate surface area is 115 Å². The largest absolute Gasteiger partial charge is 0.481 e. The first-order chi connectivity index (χ1) is 8.88. The topological polar surface area (TPSA) is 130 Å². The zero-order chi connectivity index (χ0) is 14.8. The molecular formula is C11H18N2O5S. The van der Waals surface area contributed by atoms with Crippen LogP contribution >= 0.6 is 11.8 Å². The summed E-state index contributed by atoms with van der Waals surface area (Å²) in [4.78, 5) is 32.8. The van der Waals surface area contributed by atoms with Crippen molar-refractivity contribution in [3.63, 3.8) is 0 Å². The third-order valence-corrected chi connectivity index (χ3v) is 3.18. The highest BCUT2D eigenvalue weighted by atomic mass is 32.2. The molecule has 0 fully saturated rings. The maximum absolute atomic E-state index is 11.6. The van der Waals surface area contributed by atoms with Crippen molar-refractivity contribution in [3.8, 4) is 0 Å². The lowest BCUT2D eigenvalue weighted by Gasteiger charge is -2.17. The zero-order valence-corrected chi connectivity index (χ0v) is 11.2. The Morgan fingerprint density at radius 1 is 1.37 bits per heavy atom. The predicted octanol–water partition coefficient (Wildman–Crippen LogP) is -0.333. The fraction of sp³-hybridized carbons (Fsp3) is 0.545. The van der Waals surface area contributed by atoms with E-state index in [2.05, 4.69) is 11.9 Å². The number of hydrogen-bond acceptors (Lipinski definition) is 5. The van der Waals surface area contributed by atoms with Crippen molar-refractivity contribution >= 4 is 29.6 Å². The fourth-order valence-electron chi connectivity index (χ4n) is 1.13. The molecule has 0 saturated heterocycles. The number of carbonyl (C=O) groups excluding carboxylic acids is 1. The lowest BCUT2D eigenvalue weighted by atomic mass is 10.1. The van der Waals surface area contributed by atoms with Gasteiger partial charge in [0.25, 0.3) is 0 Å². The van der Waals surface area contributed by atoms with E-state index in [1.807, 2.05) is 0 Å². The maximum Gasteiger partial charge on any atom is 0.327 e. The normalized spacial score (nSPS) is 13.3. The number of aliphatic carboxylic acids is 2. The number of thioether (sulfide) groups is 1. The van der Waals surface area contributed by atoms with Gasteiger partial charge in [-0.3, -0.25) is 9.59 Å². The van der Waals surface area contributed by atoms with E-state index in [0.717, 1.165) is 0 Å². The molecule has 0 aliphatic rings. The van der Waals surface area contributed by atoms with Crippen LogP contribution in [0.1, 0.15) is 12.8 Å². The molecule has 0 heterocycles. The summed E-state index contributed by atoms with van der Waals surface area (Å²) in [6, 6.07) is -2.07. The maximum atomic E-state index is 11.6. The molecular weight excluding hydrogens is 272 g/mol. The highest BCUT2D eigenvalue weighted by Gasteiger charge is 2.23. The monoisotopic (exact) mass is 290 g/mol. The van der Waals surface area contributed by atoms with E-state index in [-0.39, 0.29) is 18.6 Å². The van der Waals surface area contributed by atoms with Crippen LogP contribution in [0.15, 0.2) is 12.7 Å². The van der Waals surface area contributed by atoms with Crippen LogP contribution in [0.2, 0.25) is 0 Å². The van der Waals surface area contributed by atoms with E-state index < -0.39 is 29.9 Å². The molecule has 0 rings (SSSR count). The van der Waals surface area contributed by atoms with Crippen molar-refractivity contribution in [2.75, 3.05) is 11.5 Å². The van der Waals surface area contributed by atoms with Crippen molar-refractivity contribution < 1.29 is 24.6 Å². The van der Waals surface area contributed by atoms with Gasteiger partial charge in [0, 0.05) is 17.9 Å². The van der Waals surface area contributed by atoms with Crippen LogP contribution in [-0.2, 0) is 14.4 Å². The van der Waals surface area contributed by atoms with Crippen LogP contribution in [0.4, 0.5) is 0 Å². The Balaban J connectivity index is 4.25. The smallest absolute Gasteiger partial charge is 0.327 e. The number of carboxylic acids is 2. The average molecular weight is 290 g/mol. The molecule has 0 aromatic carbocycles. The quantitative estimate of drug-likeness (QED) is 0.320. The number of nitrogens with one attached hydrogen (secondary N) is 1. The summed E-state index contributed by atoms with van der Waals surface area (Å²) in [6.07, 6.45) is 1.36. The first-order valence-electron chi connectivity index (χ1n) is 5.57. The lowest BCUT2D eigenvalue weighted by molar-refractivity contribution is -0.141. The van der Waals surface area contributed by atoms with Gasteiger partial charge in [0.1, 0.15) is 6.04 Å². The van der Waals surface area contributed by atoms with Gasteiger partial charge >= 0.3 is 11.9 Å². The molecule has 0 spiro atoms. The first kappa shape index (κ1) is 17.5. The molecule has 108 valence electrons. The fourth-order valence-corrected chi connectivity index (χ4v) is 1.90. The summed E-state index contributed by atoms with van der Waals surface area (Å²) >= 11 is 1.31. The van der Waals surface area contributed by atoms with E-state index in [1.165, 1.54) is 11.8 Å². The molecule has 0 saturated carbocycles. The van der Waals surface area contributed by atoms with Gasteiger partial charge in [0.2, 0.25) is 5.91 Å². The van der Waals surface area contributed by atoms with Crippen molar-refractivity contribution in [2.24, 2.45) is 5.73 Å². The van der Waals surface area contributed by atoms with Crippen molar-refractivity contribution in [1.82, 2.24) is 5.32 Å². The highest BCUT2D eigenvalue weighted by Crippen LogP contribution is 2.04. The number of amides is 1. The molecule has 0 aromatic heterocycles. The third kappa shape index (κ3) is 8.22. The Kier molecular flexibility index (Phi) is 8.64. The summed E-state index contributed by atoms with van der Waals surface area (Å²) in [7, 11) is 0. The van der Waals surface area contributed by atoms with Crippen LogP contribution in [-0.4, -0.2) is 51.6 Å². The number of carbonyl (C=O) groups is 3. The molecule has 0 aliphatic heterocycles. The second kappa shape index (κ2) is 9.40. The Morgan fingerprint density at radius 2 is 2.00 bits per heavy atom. The van der Waals surface area contributed by atoms with E-state index in [1.54, 1.807) is 6.08 Å². The first-order valence-corrected chi connectivity index (χ1v) is 6.73. The molecule has 0 aromatic rings. The average Bonchev–Trinajstić information content (AvgIpc) is 2.34. The van der Waals surface area contributed by atoms with Crippen LogP contribution < -0.4 is 11.1 Å². The molecule has 8 heteroatoms. The summed E-state index contributed by atoms with van der Waals surface area (Å²) in [5.74, 6) is -2.11. The molecule has 0 radical (unpaired) electrons. The second-order valence-corrected chi connectivity index (χ2v) is 4.84. The lowest BCUT2D eigenvalue weighted by Crippen LogP contribution is -2.49. The van der Waals surface area contributed by atoms with Crippen molar-refractivity contribution in [1.29, 1.82) is 0 Å². The van der Waals surface area contributed by atoms with E-state index >= 15 is 0 Å². The van der Waals surface area contributed by atoms with Gasteiger partial charge in [-0.2, -0.15) is 11.8 Å². The predicted molar refractivity (Wildman–Crippen MR) is 71.9 cm³/mol. The Bertz CT molecular complexity index is 348. The van der Waals surface area contributed by atoms with Gasteiger partial charge in [-0.05, 0) is 6.42 Å².